The average Bonchev–Trinajstić information content (AvgIpc) is 2.28. The van der Waals surface area contributed by atoms with Crippen molar-refractivity contribution in [3.8, 4) is 6.07 Å². The van der Waals surface area contributed by atoms with Crippen molar-refractivity contribution in [3.05, 3.63) is 29.8 Å². The fourth-order valence-corrected chi connectivity index (χ4v) is 1.54. The molecule has 0 aliphatic heterocycles. The van der Waals surface area contributed by atoms with E-state index in [0.717, 1.165) is 0 Å². The lowest BCUT2D eigenvalue weighted by Gasteiger charge is -2.25. The summed E-state index contributed by atoms with van der Waals surface area (Å²) >= 11 is 0. The highest BCUT2D eigenvalue weighted by molar-refractivity contribution is 5.44. The van der Waals surface area contributed by atoms with E-state index >= 15 is 0 Å². The molecule has 90 valence electrons. The van der Waals surface area contributed by atoms with Gasteiger partial charge in [0.15, 0.2) is 0 Å². The summed E-state index contributed by atoms with van der Waals surface area (Å²) in [6.45, 7) is 8.30. The summed E-state index contributed by atoms with van der Waals surface area (Å²) in [6.07, 6.45) is 0. The summed E-state index contributed by atoms with van der Waals surface area (Å²) in [7, 11) is 0. The van der Waals surface area contributed by atoms with Crippen LogP contribution in [0, 0.1) is 11.3 Å². The number of nitriles is 1. The van der Waals surface area contributed by atoms with Crippen LogP contribution in [-0.4, -0.2) is 17.1 Å². The Morgan fingerprint density at radius 3 is 2.35 bits per heavy atom. The number of hydrogen-bond donors (Lipinski definition) is 0. The van der Waals surface area contributed by atoms with Crippen LogP contribution in [0.2, 0.25) is 0 Å². The van der Waals surface area contributed by atoms with Crippen molar-refractivity contribution < 1.29 is 0 Å². The van der Waals surface area contributed by atoms with Crippen LogP contribution in [0.5, 0.6) is 0 Å². The Hall–Kier alpha value is -1.89. The molecule has 17 heavy (non-hydrogen) atoms. The van der Waals surface area contributed by atoms with E-state index in [2.05, 4.69) is 44.1 Å². The molecule has 0 spiro atoms. The van der Waals surface area contributed by atoms with Crippen LogP contribution in [0.4, 0.5) is 5.69 Å². The summed E-state index contributed by atoms with van der Waals surface area (Å²) < 4.78 is 0. The lowest BCUT2D eigenvalue weighted by atomic mass is 10.2. The van der Waals surface area contributed by atoms with Crippen LogP contribution in [0.15, 0.2) is 34.6 Å². The highest BCUT2D eigenvalue weighted by atomic mass is 15.6. The third-order valence-electron chi connectivity index (χ3n) is 2.30. The molecule has 0 atom stereocenters. The molecule has 0 N–H and O–H groups in total. The van der Waals surface area contributed by atoms with Crippen molar-refractivity contribution >= 4 is 5.69 Å². The maximum absolute atomic E-state index is 8.78. The molecular weight excluding hydrogens is 212 g/mol. The summed E-state index contributed by atoms with van der Waals surface area (Å²) in [4.78, 5) is 0. The topological polar surface area (TPSA) is 51.8 Å². The predicted molar refractivity (Wildman–Crippen MR) is 67.8 cm³/mol. The minimum Gasteiger partial charge on any atom is -0.273 e. The van der Waals surface area contributed by atoms with Gasteiger partial charge in [0.2, 0.25) is 0 Å². The minimum atomic E-state index is 0.304. The molecule has 0 heterocycles. The fourth-order valence-electron chi connectivity index (χ4n) is 1.54. The molecule has 0 aliphatic rings. The second-order valence-corrected chi connectivity index (χ2v) is 4.42. The smallest absolute Gasteiger partial charge is 0.0992 e. The Bertz CT molecular complexity index is 421. The molecule has 0 bridgehead atoms. The van der Waals surface area contributed by atoms with Gasteiger partial charge < -0.3 is 0 Å². The van der Waals surface area contributed by atoms with E-state index in [9.17, 15) is 0 Å². The monoisotopic (exact) mass is 230 g/mol. The molecule has 1 rings (SSSR count). The van der Waals surface area contributed by atoms with Crippen LogP contribution < -0.4 is 0 Å². The molecule has 0 aliphatic carbocycles. The molecule has 0 fully saturated rings. The Morgan fingerprint density at radius 1 is 1.18 bits per heavy atom. The van der Waals surface area contributed by atoms with Crippen LogP contribution in [0.1, 0.15) is 33.3 Å². The SMILES string of the molecule is CC(C)N(N=Nc1cccc(C#N)c1)C(C)C. The number of hydrogen-bond acceptors (Lipinski definition) is 3. The lowest BCUT2D eigenvalue weighted by molar-refractivity contribution is 0.169. The van der Waals surface area contributed by atoms with E-state index in [1.807, 2.05) is 17.1 Å². The highest BCUT2D eigenvalue weighted by Gasteiger charge is 2.10. The van der Waals surface area contributed by atoms with Crippen LogP contribution in [0.25, 0.3) is 0 Å². The lowest BCUT2D eigenvalue weighted by Crippen LogP contribution is -2.31. The van der Waals surface area contributed by atoms with Crippen LogP contribution >= 0.6 is 0 Å². The number of benzene rings is 1. The first-order chi connectivity index (χ1) is 8.04. The first kappa shape index (κ1) is 13.2. The number of rotatable bonds is 4. The molecule has 0 unspecified atom stereocenters. The largest absolute Gasteiger partial charge is 0.273 e. The molecule has 0 saturated carbocycles. The zero-order valence-electron chi connectivity index (χ0n) is 10.8. The highest BCUT2D eigenvalue weighted by Crippen LogP contribution is 2.16. The minimum absolute atomic E-state index is 0.304. The molecule has 0 radical (unpaired) electrons. The van der Waals surface area contributed by atoms with Crippen LogP contribution in [-0.2, 0) is 0 Å². The maximum atomic E-state index is 8.78. The van der Waals surface area contributed by atoms with Crippen molar-refractivity contribution in [1.82, 2.24) is 5.01 Å². The van der Waals surface area contributed by atoms with E-state index in [1.54, 1.807) is 12.1 Å². The van der Waals surface area contributed by atoms with Gasteiger partial charge in [0, 0.05) is 12.1 Å². The van der Waals surface area contributed by atoms with Gasteiger partial charge in [0.25, 0.3) is 0 Å². The van der Waals surface area contributed by atoms with Gasteiger partial charge in [0.1, 0.15) is 0 Å². The molecule has 0 amide bonds. The Labute approximate surface area is 103 Å². The fraction of sp³-hybridized carbons (Fsp3) is 0.462. The molecule has 1 aromatic rings. The zero-order chi connectivity index (χ0) is 12.8. The first-order valence-corrected chi connectivity index (χ1v) is 5.74. The van der Waals surface area contributed by atoms with E-state index in [1.165, 1.54) is 0 Å². The molecule has 0 aromatic heterocycles. The van der Waals surface area contributed by atoms with Crippen molar-refractivity contribution in [2.24, 2.45) is 10.3 Å². The van der Waals surface area contributed by atoms with Gasteiger partial charge >= 0.3 is 0 Å². The maximum Gasteiger partial charge on any atom is 0.0992 e. The van der Waals surface area contributed by atoms with E-state index in [0.29, 0.717) is 23.3 Å². The number of nitrogens with zero attached hydrogens (tertiary/aromatic N) is 4. The molecular formula is C13H18N4. The van der Waals surface area contributed by atoms with Gasteiger partial charge in [-0.15, -0.1) is 5.11 Å². The van der Waals surface area contributed by atoms with Crippen LogP contribution in [0.3, 0.4) is 0 Å². The van der Waals surface area contributed by atoms with Gasteiger partial charge in [-0.05, 0) is 45.9 Å². The van der Waals surface area contributed by atoms with E-state index in [4.69, 9.17) is 5.26 Å². The van der Waals surface area contributed by atoms with Crippen molar-refractivity contribution in [3.63, 3.8) is 0 Å². The third-order valence-corrected chi connectivity index (χ3v) is 2.30. The van der Waals surface area contributed by atoms with E-state index < -0.39 is 0 Å². The Morgan fingerprint density at radius 2 is 1.82 bits per heavy atom. The average molecular weight is 230 g/mol. The molecule has 1 aromatic carbocycles. The molecule has 4 nitrogen and oxygen atoms in total. The summed E-state index contributed by atoms with van der Waals surface area (Å²) in [6, 6.07) is 9.81. The van der Waals surface area contributed by atoms with Gasteiger partial charge in [-0.25, -0.2) is 0 Å². The quantitative estimate of drug-likeness (QED) is 0.585. The van der Waals surface area contributed by atoms with E-state index in [-0.39, 0.29) is 0 Å². The van der Waals surface area contributed by atoms with Gasteiger partial charge in [0.05, 0.1) is 17.3 Å². The standard InChI is InChI=1S/C13H18N4/c1-10(2)17(11(3)4)16-15-13-7-5-6-12(8-13)9-14/h5-8,10-11H,1-4H3. The van der Waals surface area contributed by atoms with Crippen molar-refractivity contribution in [2.75, 3.05) is 0 Å². The first-order valence-electron chi connectivity index (χ1n) is 5.74. The third kappa shape index (κ3) is 3.87. The second-order valence-electron chi connectivity index (χ2n) is 4.42. The summed E-state index contributed by atoms with van der Waals surface area (Å²) in [5, 5.41) is 19.1. The Kier molecular flexibility index (Phi) is 4.65. The van der Waals surface area contributed by atoms with Crippen molar-refractivity contribution in [1.29, 1.82) is 5.26 Å². The normalized spacial score (nSPS) is 11.1. The second kappa shape index (κ2) is 6.00. The van der Waals surface area contributed by atoms with Crippen molar-refractivity contribution in [2.45, 2.75) is 39.8 Å². The molecule has 0 saturated heterocycles. The Balaban J connectivity index is 2.85. The molecule has 4 heteroatoms. The van der Waals surface area contributed by atoms with Gasteiger partial charge in [-0.1, -0.05) is 11.3 Å². The predicted octanol–water partition coefficient (Wildman–Crippen LogP) is 3.68. The van der Waals surface area contributed by atoms with Gasteiger partial charge in [-0.3, -0.25) is 5.01 Å². The van der Waals surface area contributed by atoms with Gasteiger partial charge in [-0.2, -0.15) is 5.26 Å². The zero-order valence-corrected chi connectivity index (χ0v) is 10.8. The summed E-state index contributed by atoms with van der Waals surface area (Å²) in [5.41, 5.74) is 1.30. The summed E-state index contributed by atoms with van der Waals surface area (Å²) in [5.74, 6) is 0.